The number of aryl methyl sites for hydroxylation is 1. The smallest absolute Gasteiger partial charge is 0.419 e. The second kappa shape index (κ2) is 19.7. The maximum atomic E-state index is 14.2. The van der Waals surface area contributed by atoms with Crippen LogP contribution in [0.25, 0.3) is 21.8 Å². The van der Waals surface area contributed by atoms with Gasteiger partial charge in [0.25, 0.3) is 0 Å². The van der Waals surface area contributed by atoms with Crippen molar-refractivity contribution < 1.29 is 45.7 Å². The molecule has 60 heavy (non-hydrogen) atoms. The first kappa shape index (κ1) is 43.5. The van der Waals surface area contributed by atoms with Gasteiger partial charge in [-0.25, -0.2) is 27.5 Å². The van der Waals surface area contributed by atoms with Crippen molar-refractivity contribution in [2.45, 2.75) is 19.1 Å². The largest absolute Gasteiger partial charge is 0.506 e. The van der Waals surface area contributed by atoms with Crippen LogP contribution in [0.3, 0.4) is 0 Å². The lowest BCUT2D eigenvalue weighted by Gasteiger charge is -2.22. The molecule has 8 aromatic rings. The molecule has 4 aromatic heterocycles. The fourth-order valence-electron chi connectivity index (χ4n) is 5.43. The third-order valence-electron chi connectivity index (χ3n) is 8.44. The highest BCUT2D eigenvalue weighted by atomic mass is 19.4. The van der Waals surface area contributed by atoms with Gasteiger partial charge >= 0.3 is 6.18 Å². The van der Waals surface area contributed by atoms with E-state index in [-0.39, 0.29) is 35.0 Å². The Morgan fingerprint density at radius 3 is 1.90 bits per heavy atom. The van der Waals surface area contributed by atoms with Crippen molar-refractivity contribution in [1.29, 1.82) is 0 Å². The second-order valence-electron chi connectivity index (χ2n) is 12.6. The SMILES string of the molecule is Cc1ccc(C(Nc2ccc(F)cn2)c2ccc3cccnc3c2O)cc1F.Nc1ccc(F)cn1.O=Cc1ccc(C(F)(F)F)c(F)c1.Oc1cccc2cccnc12. The first-order valence-electron chi connectivity index (χ1n) is 17.6. The molecule has 0 amide bonds. The highest BCUT2D eigenvalue weighted by Crippen LogP contribution is 2.37. The van der Waals surface area contributed by atoms with Crippen LogP contribution in [0.1, 0.15) is 38.7 Å². The van der Waals surface area contributed by atoms with Crippen LogP contribution >= 0.6 is 0 Å². The van der Waals surface area contributed by atoms with E-state index in [1.807, 2.05) is 30.3 Å². The number of benzene rings is 4. The van der Waals surface area contributed by atoms with Crippen LogP contribution in [-0.4, -0.2) is 36.4 Å². The predicted molar refractivity (Wildman–Crippen MR) is 213 cm³/mol. The van der Waals surface area contributed by atoms with E-state index in [2.05, 4.69) is 25.3 Å². The van der Waals surface area contributed by atoms with Gasteiger partial charge in [-0.1, -0.05) is 54.6 Å². The summed E-state index contributed by atoms with van der Waals surface area (Å²) in [6.45, 7) is 1.68. The van der Waals surface area contributed by atoms with Crippen LogP contribution in [0.15, 0.2) is 140 Å². The Morgan fingerprint density at radius 1 is 0.683 bits per heavy atom. The minimum atomic E-state index is -4.72. The zero-order valence-electron chi connectivity index (χ0n) is 31.2. The average molecular weight is 827 g/mol. The summed E-state index contributed by atoms with van der Waals surface area (Å²) in [4.78, 5) is 25.9. The third-order valence-corrected chi connectivity index (χ3v) is 8.44. The Labute approximate surface area is 337 Å². The number of anilines is 2. The van der Waals surface area contributed by atoms with Crippen LogP contribution in [-0.2, 0) is 6.18 Å². The number of fused-ring (bicyclic) bond motifs is 2. The molecule has 5 N–H and O–H groups in total. The predicted octanol–water partition coefficient (Wildman–Crippen LogP) is 10.5. The van der Waals surface area contributed by atoms with Gasteiger partial charge in [0, 0.05) is 34.3 Å². The summed E-state index contributed by atoms with van der Waals surface area (Å²) in [5, 5.41) is 25.1. The monoisotopic (exact) mass is 826 g/mol. The molecular weight excluding hydrogens is 794 g/mol. The molecule has 8 rings (SSSR count). The minimum absolute atomic E-state index is 0.00121. The number of hydrogen-bond acceptors (Lipinski definition) is 9. The van der Waals surface area contributed by atoms with E-state index >= 15 is 0 Å². The summed E-state index contributed by atoms with van der Waals surface area (Å²) in [5.41, 5.74) is 6.41. The first-order valence-corrected chi connectivity index (χ1v) is 17.6. The van der Waals surface area contributed by atoms with E-state index in [1.165, 1.54) is 30.3 Å². The quantitative estimate of drug-likeness (QED) is 0.0983. The number of nitrogens with two attached hydrogens (primary N) is 1. The van der Waals surface area contributed by atoms with Crippen molar-refractivity contribution in [3.63, 3.8) is 0 Å². The Balaban J connectivity index is 0.000000175. The molecule has 0 saturated heterocycles. The summed E-state index contributed by atoms with van der Waals surface area (Å²) in [6, 6.07) is 28.1. The fraction of sp³-hybridized carbons (Fsp3) is 0.0682. The van der Waals surface area contributed by atoms with Gasteiger partial charge in [0.05, 0.1) is 24.0 Å². The van der Waals surface area contributed by atoms with E-state index in [1.54, 1.807) is 55.7 Å². The van der Waals surface area contributed by atoms with Crippen molar-refractivity contribution in [3.05, 3.63) is 191 Å². The number of hydrogen-bond donors (Lipinski definition) is 4. The molecule has 0 aliphatic carbocycles. The summed E-state index contributed by atoms with van der Waals surface area (Å²) in [5.74, 6) is -1.63. The number of alkyl halides is 3. The number of nitrogens with zero attached hydrogens (tertiary/aromatic N) is 4. The Bertz CT molecular complexity index is 2680. The second-order valence-corrected chi connectivity index (χ2v) is 12.6. The molecule has 4 heterocycles. The zero-order chi connectivity index (χ0) is 43.4. The summed E-state index contributed by atoms with van der Waals surface area (Å²) in [6.07, 6.45) is 1.00. The van der Waals surface area contributed by atoms with Crippen molar-refractivity contribution >= 4 is 39.7 Å². The van der Waals surface area contributed by atoms with Gasteiger partial charge in [-0.2, -0.15) is 13.2 Å². The van der Waals surface area contributed by atoms with Crippen LogP contribution in [0.5, 0.6) is 11.5 Å². The number of halogens is 7. The van der Waals surface area contributed by atoms with Gasteiger partial charge in [-0.05, 0) is 78.7 Å². The Morgan fingerprint density at radius 2 is 1.33 bits per heavy atom. The molecule has 1 unspecified atom stereocenters. The molecular formula is C44H33F7N6O3. The van der Waals surface area contributed by atoms with Crippen LogP contribution in [0.4, 0.5) is 42.4 Å². The summed E-state index contributed by atoms with van der Waals surface area (Å²) in [7, 11) is 0. The number of phenolic OH excluding ortho intramolecular Hbond substituents is 2. The Hall–Kier alpha value is -7.62. The molecule has 0 saturated carbocycles. The first-order chi connectivity index (χ1) is 28.6. The lowest BCUT2D eigenvalue weighted by molar-refractivity contribution is -0.140. The lowest BCUT2D eigenvalue weighted by atomic mass is 9.95. The number of carbonyl (C=O) groups is 1. The van der Waals surface area contributed by atoms with E-state index in [0.29, 0.717) is 51.5 Å². The molecule has 1 atom stereocenters. The van der Waals surface area contributed by atoms with Crippen molar-refractivity contribution in [3.8, 4) is 11.5 Å². The number of aldehydes is 1. The molecule has 0 fully saturated rings. The van der Waals surface area contributed by atoms with Gasteiger partial charge in [-0.15, -0.1) is 0 Å². The van der Waals surface area contributed by atoms with Gasteiger partial charge in [0.15, 0.2) is 0 Å². The maximum Gasteiger partial charge on any atom is 0.419 e. The van der Waals surface area contributed by atoms with Crippen LogP contribution in [0, 0.1) is 30.2 Å². The van der Waals surface area contributed by atoms with Crippen molar-refractivity contribution in [2.24, 2.45) is 0 Å². The third kappa shape index (κ3) is 11.5. The molecule has 0 aliphatic heterocycles. The molecule has 9 nitrogen and oxygen atoms in total. The van der Waals surface area contributed by atoms with Gasteiger partial charge in [0.2, 0.25) is 0 Å². The lowest BCUT2D eigenvalue weighted by Crippen LogP contribution is -2.14. The number of rotatable bonds is 5. The number of pyridine rings is 4. The summed E-state index contributed by atoms with van der Waals surface area (Å²) >= 11 is 0. The number of phenols is 2. The number of para-hydroxylation sites is 1. The highest BCUT2D eigenvalue weighted by Gasteiger charge is 2.33. The topological polar surface area (TPSA) is 147 Å². The van der Waals surface area contributed by atoms with Crippen LogP contribution < -0.4 is 11.1 Å². The number of aromatic hydroxyl groups is 2. The van der Waals surface area contributed by atoms with Gasteiger partial charge in [-0.3, -0.25) is 14.8 Å². The Kier molecular flexibility index (Phi) is 14.3. The van der Waals surface area contributed by atoms with Crippen LogP contribution in [0.2, 0.25) is 0 Å². The van der Waals surface area contributed by atoms with Crippen molar-refractivity contribution in [1.82, 2.24) is 19.9 Å². The average Bonchev–Trinajstić information content (AvgIpc) is 3.23. The molecule has 16 heteroatoms. The van der Waals surface area contributed by atoms with E-state index < -0.39 is 29.4 Å². The van der Waals surface area contributed by atoms with E-state index in [0.717, 1.165) is 29.2 Å². The van der Waals surface area contributed by atoms with Gasteiger partial charge < -0.3 is 21.3 Å². The standard InChI is InChI=1S/C22H17F2N3O.C9H7NO.C8H4F4O.C5H5FN2/c1-13-4-5-15(11-18(13)24)20(27-19-9-7-16(23)12-26-19)17-8-6-14-3-2-10-25-21(14)22(17)28;11-8-5-1-3-7-4-2-6-10-9(7)8;9-7-3-5(4-13)1-2-6(7)8(10,11)12;6-4-1-2-5(7)8-3-4/h2-12,20,28H,1H3,(H,26,27);1-6,11H;1-4H;1-3H,(H2,7,8). The van der Waals surface area contributed by atoms with E-state index in [9.17, 15) is 45.7 Å². The van der Waals surface area contributed by atoms with E-state index in [4.69, 9.17) is 5.73 Å². The summed E-state index contributed by atoms with van der Waals surface area (Å²) < 4.78 is 87.9. The number of nitrogen functional groups attached to an aromatic ring is 1. The van der Waals surface area contributed by atoms with Gasteiger partial charge in [0.1, 0.15) is 63.7 Å². The maximum absolute atomic E-state index is 14.2. The fourth-order valence-corrected chi connectivity index (χ4v) is 5.43. The number of nitrogens with one attached hydrogen (secondary N) is 1. The molecule has 0 radical (unpaired) electrons. The molecule has 0 spiro atoms. The molecule has 4 aromatic carbocycles. The minimum Gasteiger partial charge on any atom is -0.506 e. The molecule has 0 aliphatic rings. The molecule has 306 valence electrons. The molecule has 0 bridgehead atoms. The zero-order valence-corrected chi connectivity index (χ0v) is 31.2. The normalized spacial score (nSPS) is 11.2. The number of carbonyl (C=O) groups excluding carboxylic acids is 1. The number of aromatic nitrogens is 4. The highest BCUT2D eigenvalue weighted by molar-refractivity contribution is 5.86. The van der Waals surface area contributed by atoms with Crippen molar-refractivity contribution in [2.75, 3.05) is 11.1 Å².